The fourth-order valence-corrected chi connectivity index (χ4v) is 1.90. The van der Waals surface area contributed by atoms with Crippen molar-refractivity contribution in [2.24, 2.45) is 5.73 Å². The Kier molecular flexibility index (Phi) is 5.16. The van der Waals surface area contributed by atoms with E-state index in [4.69, 9.17) is 5.73 Å². The first-order valence-corrected chi connectivity index (χ1v) is 5.86. The van der Waals surface area contributed by atoms with Crippen LogP contribution < -0.4 is 5.73 Å². The van der Waals surface area contributed by atoms with Gasteiger partial charge in [-0.3, -0.25) is 4.90 Å². The Balaban J connectivity index is 2.47. The predicted octanol–water partition coefficient (Wildman–Crippen LogP) is 2.88. The molecule has 1 unspecified atom stereocenters. The first-order valence-electron chi connectivity index (χ1n) is 5.86. The van der Waals surface area contributed by atoms with Gasteiger partial charge in [-0.2, -0.15) is 13.2 Å². The van der Waals surface area contributed by atoms with Crippen LogP contribution in [0.5, 0.6) is 0 Å². The highest BCUT2D eigenvalue weighted by Gasteiger charge is 2.29. The Morgan fingerprint density at radius 1 is 1.28 bits per heavy atom. The lowest BCUT2D eigenvalue weighted by Crippen LogP contribution is -2.33. The van der Waals surface area contributed by atoms with Crippen LogP contribution in [0.1, 0.15) is 23.6 Å². The molecule has 0 bridgehead atoms. The van der Waals surface area contributed by atoms with Crippen LogP contribution in [0, 0.1) is 6.92 Å². The summed E-state index contributed by atoms with van der Waals surface area (Å²) >= 11 is 0. The van der Waals surface area contributed by atoms with E-state index in [-0.39, 0.29) is 6.04 Å². The second-order valence-electron chi connectivity index (χ2n) is 4.60. The summed E-state index contributed by atoms with van der Waals surface area (Å²) in [6.07, 6.45) is -3.64. The van der Waals surface area contributed by atoms with Crippen LogP contribution in [-0.2, 0) is 0 Å². The van der Waals surface area contributed by atoms with Gasteiger partial charge in [0.1, 0.15) is 0 Å². The molecule has 0 aliphatic heterocycles. The number of hydrogen-bond acceptors (Lipinski definition) is 2. The minimum Gasteiger partial charge on any atom is -0.324 e. The average molecular weight is 260 g/mol. The van der Waals surface area contributed by atoms with Gasteiger partial charge in [0.2, 0.25) is 0 Å². The van der Waals surface area contributed by atoms with E-state index in [0.29, 0.717) is 13.0 Å². The molecule has 5 heteroatoms. The standard InChI is InChI=1S/C13H19F3N2/c1-10-5-3-4-6-11(10)12(17)7-8-18(2)9-13(14,15)16/h3-6,12H,7-9,17H2,1-2H3. The summed E-state index contributed by atoms with van der Waals surface area (Å²) in [5.41, 5.74) is 8.07. The van der Waals surface area contributed by atoms with Gasteiger partial charge in [0.15, 0.2) is 0 Å². The third-order valence-corrected chi connectivity index (χ3v) is 2.86. The van der Waals surface area contributed by atoms with Gasteiger partial charge in [-0.1, -0.05) is 24.3 Å². The fourth-order valence-electron chi connectivity index (χ4n) is 1.90. The molecule has 0 spiro atoms. The number of alkyl halides is 3. The summed E-state index contributed by atoms with van der Waals surface area (Å²) in [5, 5.41) is 0. The molecule has 0 radical (unpaired) electrons. The molecule has 0 aromatic heterocycles. The van der Waals surface area contributed by atoms with E-state index in [9.17, 15) is 13.2 Å². The summed E-state index contributed by atoms with van der Waals surface area (Å²) in [4.78, 5) is 1.25. The molecule has 1 aromatic rings. The Bertz CT molecular complexity index is 377. The first kappa shape index (κ1) is 15.0. The number of benzene rings is 1. The van der Waals surface area contributed by atoms with E-state index in [0.717, 1.165) is 11.1 Å². The molecule has 0 saturated carbocycles. The SMILES string of the molecule is Cc1ccccc1C(N)CCN(C)CC(F)(F)F. The molecule has 1 atom stereocenters. The van der Waals surface area contributed by atoms with Crippen LogP contribution in [0.25, 0.3) is 0 Å². The number of nitrogens with two attached hydrogens (primary N) is 1. The van der Waals surface area contributed by atoms with Crippen LogP contribution in [0.3, 0.4) is 0 Å². The van der Waals surface area contributed by atoms with Crippen LogP contribution in [0.4, 0.5) is 13.2 Å². The Hall–Kier alpha value is -1.07. The molecule has 2 nitrogen and oxygen atoms in total. The zero-order valence-corrected chi connectivity index (χ0v) is 10.7. The first-order chi connectivity index (χ1) is 8.29. The van der Waals surface area contributed by atoms with Gasteiger partial charge in [-0.05, 0) is 38.1 Å². The lowest BCUT2D eigenvalue weighted by atomic mass is 9.99. The topological polar surface area (TPSA) is 29.3 Å². The highest BCUT2D eigenvalue weighted by Crippen LogP contribution is 2.20. The molecule has 1 rings (SSSR count). The molecule has 2 N–H and O–H groups in total. The maximum atomic E-state index is 12.1. The number of halogens is 3. The smallest absolute Gasteiger partial charge is 0.324 e. The maximum absolute atomic E-state index is 12.1. The zero-order valence-electron chi connectivity index (χ0n) is 10.7. The number of rotatable bonds is 5. The van der Waals surface area contributed by atoms with Crippen molar-refractivity contribution in [2.75, 3.05) is 20.1 Å². The Morgan fingerprint density at radius 3 is 2.44 bits per heavy atom. The van der Waals surface area contributed by atoms with Gasteiger partial charge in [-0.25, -0.2) is 0 Å². The summed E-state index contributed by atoms with van der Waals surface area (Å²) in [7, 11) is 1.46. The quantitative estimate of drug-likeness (QED) is 0.882. The number of hydrogen-bond donors (Lipinski definition) is 1. The van der Waals surface area contributed by atoms with E-state index in [1.165, 1.54) is 11.9 Å². The molecular formula is C13H19F3N2. The maximum Gasteiger partial charge on any atom is 0.401 e. The lowest BCUT2D eigenvalue weighted by molar-refractivity contribution is -0.143. The second kappa shape index (κ2) is 6.20. The van der Waals surface area contributed by atoms with Crippen LogP contribution in [-0.4, -0.2) is 31.2 Å². The minimum absolute atomic E-state index is 0.220. The number of nitrogens with zero attached hydrogens (tertiary/aromatic N) is 1. The fraction of sp³-hybridized carbons (Fsp3) is 0.538. The van der Waals surface area contributed by atoms with E-state index >= 15 is 0 Å². The van der Waals surface area contributed by atoms with Crippen molar-refractivity contribution in [1.82, 2.24) is 4.90 Å². The third-order valence-electron chi connectivity index (χ3n) is 2.86. The Labute approximate surface area is 106 Å². The lowest BCUT2D eigenvalue weighted by Gasteiger charge is -2.21. The van der Waals surface area contributed by atoms with E-state index < -0.39 is 12.7 Å². The summed E-state index contributed by atoms with van der Waals surface area (Å²) in [6, 6.07) is 7.46. The highest BCUT2D eigenvalue weighted by molar-refractivity contribution is 5.28. The molecule has 18 heavy (non-hydrogen) atoms. The van der Waals surface area contributed by atoms with E-state index in [1.807, 2.05) is 31.2 Å². The van der Waals surface area contributed by atoms with Gasteiger partial charge >= 0.3 is 6.18 Å². The molecule has 0 saturated heterocycles. The van der Waals surface area contributed by atoms with E-state index in [2.05, 4.69) is 0 Å². The van der Waals surface area contributed by atoms with Crippen LogP contribution in [0.2, 0.25) is 0 Å². The largest absolute Gasteiger partial charge is 0.401 e. The minimum atomic E-state index is -4.15. The van der Waals surface area contributed by atoms with Gasteiger partial charge < -0.3 is 5.73 Å². The van der Waals surface area contributed by atoms with Gasteiger partial charge in [0.25, 0.3) is 0 Å². The van der Waals surface area contributed by atoms with Crippen LogP contribution in [0.15, 0.2) is 24.3 Å². The second-order valence-corrected chi connectivity index (χ2v) is 4.60. The molecule has 0 heterocycles. The highest BCUT2D eigenvalue weighted by atomic mass is 19.4. The molecule has 0 amide bonds. The third kappa shape index (κ3) is 5.06. The Morgan fingerprint density at radius 2 is 1.89 bits per heavy atom. The molecule has 102 valence electrons. The molecule has 0 aliphatic rings. The number of aryl methyl sites for hydroxylation is 1. The molecule has 1 aromatic carbocycles. The molecular weight excluding hydrogens is 241 g/mol. The van der Waals surface area contributed by atoms with Crippen LogP contribution >= 0.6 is 0 Å². The van der Waals surface area contributed by atoms with E-state index in [1.54, 1.807) is 0 Å². The van der Waals surface area contributed by atoms with Gasteiger partial charge in [0, 0.05) is 6.04 Å². The van der Waals surface area contributed by atoms with Crippen molar-refractivity contribution in [2.45, 2.75) is 25.6 Å². The predicted molar refractivity (Wildman–Crippen MR) is 66.3 cm³/mol. The van der Waals surface area contributed by atoms with Crippen molar-refractivity contribution >= 4 is 0 Å². The molecule has 0 fully saturated rings. The van der Waals surface area contributed by atoms with Crippen molar-refractivity contribution in [1.29, 1.82) is 0 Å². The summed E-state index contributed by atoms with van der Waals surface area (Å²) in [6.45, 7) is 1.39. The monoisotopic (exact) mass is 260 g/mol. The van der Waals surface area contributed by atoms with Crippen molar-refractivity contribution in [3.63, 3.8) is 0 Å². The van der Waals surface area contributed by atoms with Crippen molar-refractivity contribution in [3.8, 4) is 0 Å². The molecule has 0 aliphatic carbocycles. The summed E-state index contributed by atoms with van der Waals surface area (Å²) in [5.74, 6) is 0. The zero-order chi connectivity index (χ0) is 13.8. The normalized spacial score (nSPS) is 13.9. The van der Waals surface area contributed by atoms with Crippen molar-refractivity contribution in [3.05, 3.63) is 35.4 Å². The van der Waals surface area contributed by atoms with Gasteiger partial charge in [-0.15, -0.1) is 0 Å². The summed E-state index contributed by atoms with van der Waals surface area (Å²) < 4.78 is 36.4. The average Bonchev–Trinajstić information content (AvgIpc) is 2.24. The van der Waals surface area contributed by atoms with Gasteiger partial charge in [0.05, 0.1) is 6.54 Å². The van der Waals surface area contributed by atoms with Crippen molar-refractivity contribution < 1.29 is 13.2 Å².